The first-order valence-electron chi connectivity index (χ1n) is 8.67. The van der Waals surface area contributed by atoms with Crippen molar-refractivity contribution in [1.29, 1.82) is 0 Å². The molecule has 7 heteroatoms. The van der Waals surface area contributed by atoms with Crippen LogP contribution in [0.15, 0.2) is 30.3 Å². The Morgan fingerprint density at radius 1 is 1.07 bits per heavy atom. The van der Waals surface area contributed by atoms with Crippen LogP contribution in [0.3, 0.4) is 0 Å². The second-order valence-corrected chi connectivity index (χ2v) is 6.50. The minimum absolute atomic E-state index is 0.0956. The molecule has 0 radical (unpaired) electrons. The summed E-state index contributed by atoms with van der Waals surface area (Å²) in [5, 5.41) is 3.35. The van der Waals surface area contributed by atoms with Crippen molar-refractivity contribution in [3.63, 3.8) is 0 Å². The molecule has 0 spiro atoms. The zero-order chi connectivity index (χ0) is 19.6. The van der Waals surface area contributed by atoms with E-state index in [1.807, 2.05) is 12.1 Å². The molecule has 27 heavy (non-hydrogen) atoms. The molecule has 2 aromatic rings. The van der Waals surface area contributed by atoms with Crippen LogP contribution in [0.5, 0.6) is 11.5 Å². The summed E-state index contributed by atoms with van der Waals surface area (Å²) in [6.07, 6.45) is -3.14. The summed E-state index contributed by atoms with van der Waals surface area (Å²) >= 11 is 0. The third-order valence-corrected chi connectivity index (χ3v) is 4.89. The molecule has 1 aliphatic heterocycles. The van der Waals surface area contributed by atoms with Gasteiger partial charge in [0.2, 0.25) is 0 Å². The third kappa shape index (κ3) is 4.18. The zero-order valence-electron chi connectivity index (χ0n) is 15.1. The van der Waals surface area contributed by atoms with Crippen molar-refractivity contribution in [2.75, 3.05) is 20.8 Å². The molecule has 3 rings (SSSR count). The Kier molecular flexibility index (Phi) is 5.60. The van der Waals surface area contributed by atoms with Crippen molar-refractivity contribution in [3.8, 4) is 11.5 Å². The molecular weight excluding hydrogens is 362 g/mol. The quantitative estimate of drug-likeness (QED) is 0.761. The molecule has 0 saturated heterocycles. The van der Waals surface area contributed by atoms with Crippen LogP contribution in [0.1, 0.15) is 34.7 Å². The number of alkyl halides is 3. The van der Waals surface area contributed by atoms with Gasteiger partial charge in [0.1, 0.15) is 5.82 Å². The largest absolute Gasteiger partial charge is 0.493 e. The van der Waals surface area contributed by atoms with E-state index in [1.54, 1.807) is 14.2 Å². The number of halogens is 4. The Labute approximate surface area is 155 Å². The summed E-state index contributed by atoms with van der Waals surface area (Å²) < 4.78 is 63.6. The number of hydrogen-bond acceptors (Lipinski definition) is 3. The first-order valence-corrected chi connectivity index (χ1v) is 8.67. The highest BCUT2D eigenvalue weighted by atomic mass is 19.4. The van der Waals surface area contributed by atoms with Crippen LogP contribution in [0, 0.1) is 5.82 Å². The Bertz CT molecular complexity index is 820. The molecule has 1 N–H and O–H groups in total. The highest BCUT2D eigenvalue weighted by Crippen LogP contribution is 2.38. The number of methoxy groups -OCH3 is 2. The van der Waals surface area contributed by atoms with Crippen molar-refractivity contribution in [1.82, 2.24) is 5.32 Å². The fraction of sp³-hybridized carbons (Fsp3) is 0.400. The normalized spacial score (nSPS) is 16.7. The first kappa shape index (κ1) is 19.5. The van der Waals surface area contributed by atoms with Gasteiger partial charge in [-0.2, -0.15) is 13.2 Å². The monoisotopic (exact) mass is 383 g/mol. The van der Waals surface area contributed by atoms with Crippen LogP contribution in [0.2, 0.25) is 0 Å². The van der Waals surface area contributed by atoms with Crippen molar-refractivity contribution >= 4 is 0 Å². The molecular formula is C20H21F4NO2. The van der Waals surface area contributed by atoms with Gasteiger partial charge in [-0.25, -0.2) is 4.39 Å². The summed E-state index contributed by atoms with van der Waals surface area (Å²) in [6, 6.07) is 6.53. The molecule has 0 bridgehead atoms. The van der Waals surface area contributed by atoms with E-state index >= 15 is 0 Å². The molecule has 0 saturated carbocycles. The summed E-state index contributed by atoms with van der Waals surface area (Å²) in [5.74, 6) is 0.335. The second kappa shape index (κ2) is 7.76. The Morgan fingerprint density at radius 2 is 1.78 bits per heavy atom. The van der Waals surface area contributed by atoms with E-state index in [4.69, 9.17) is 9.47 Å². The van der Waals surface area contributed by atoms with Crippen LogP contribution in [-0.4, -0.2) is 20.8 Å². The molecule has 1 aliphatic rings. The number of aryl methyl sites for hydroxylation is 1. The maximum absolute atomic E-state index is 13.3. The Balaban J connectivity index is 1.85. The van der Waals surface area contributed by atoms with Gasteiger partial charge in [0.15, 0.2) is 11.5 Å². The number of hydrogen-bond donors (Lipinski definition) is 1. The predicted molar refractivity (Wildman–Crippen MR) is 93.7 cm³/mol. The van der Waals surface area contributed by atoms with E-state index in [-0.39, 0.29) is 18.0 Å². The number of benzene rings is 2. The summed E-state index contributed by atoms with van der Waals surface area (Å²) in [7, 11) is 3.11. The van der Waals surface area contributed by atoms with E-state index < -0.39 is 17.6 Å². The summed E-state index contributed by atoms with van der Waals surface area (Å²) in [5.41, 5.74) is 1.27. The number of ether oxygens (including phenoxy) is 2. The lowest BCUT2D eigenvalue weighted by molar-refractivity contribution is -0.138. The van der Waals surface area contributed by atoms with Gasteiger partial charge in [-0.1, -0.05) is 6.07 Å². The van der Waals surface area contributed by atoms with Crippen LogP contribution in [0.25, 0.3) is 0 Å². The van der Waals surface area contributed by atoms with Gasteiger partial charge in [0.05, 0.1) is 19.8 Å². The number of fused-ring (bicyclic) bond motifs is 1. The van der Waals surface area contributed by atoms with Crippen molar-refractivity contribution in [2.45, 2.75) is 31.5 Å². The average molecular weight is 383 g/mol. The average Bonchev–Trinajstić information content (AvgIpc) is 2.65. The predicted octanol–water partition coefficient (Wildman–Crippen LogP) is 4.68. The lowest BCUT2D eigenvalue weighted by Crippen LogP contribution is -2.30. The highest BCUT2D eigenvalue weighted by molar-refractivity contribution is 5.49. The number of nitrogens with one attached hydrogen (secondary N) is 1. The Morgan fingerprint density at radius 3 is 2.44 bits per heavy atom. The summed E-state index contributed by atoms with van der Waals surface area (Å²) in [4.78, 5) is 0. The van der Waals surface area contributed by atoms with Gasteiger partial charge in [-0.3, -0.25) is 0 Å². The van der Waals surface area contributed by atoms with Gasteiger partial charge in [0, 0.05) is 6.04 Å². The van der Waals surface area contributed by atoms with Crippen LogP contribution >= 0.6 is 0 Å². The van der Waals surface area contributed by atoms with Crippen molar-refractivity contribution < 1.29 is 27.0 Å². The standard InChI is InChI=1S/C20H21F4NO2/c1-26-18-9-13-7-8-25-17(15(13)11-19(18)27-2)6-4-12-3-5-14(21)10-16(12)20(22,23)24/h3,5,9-11,17,25H,4,6-8H2,1-2H3. The Hall–Kier alpha value is -2.28. The molecule has 1 atom stereocenters. The molecule has 3 nitrogen and oxygen atoms in total. The maximum atomic E-state index is 13.3. The minimum Gasteiger partial charge on any atom is -0.493 e. The van der Waals surface area contributed by atoms with E-state index in [9.17, 15) is 17.6 Å². The fourth-order valence-corrected chi connectivity index (χ4v) is 3.56. The van der Waals surface area contributed by atoms with E-state index in [1.165, 1.54) is 6.07 Å². The molecule has 0 amide bonds. The van der Waals surface area contributed by atoms with Gasteiger partial charge < -0.3 is 14.8 Å². The first-order chi connectivity index (χ1) is 12.8. The van der Waals surface area contributed by atoms with Crippen LogP contribution in [0.4, 0.5) is 17.6 Å². The topological polar surface area (TPSA) is 30.5 Å². The number of rotatable bonds is 5. The summed E-state index contributed by atoms with van der Waals surface area (Å²) in [6.45, 7) is 0.725. The van der Waals surface area contributed by atoms with Crippen molar-refractivity contribution in [3.05, 3.63) is 58.4 Å². The van der Waals surface area contributed by atoms with E-state index in [0.717, 1.165) is 30.2 Å². The molecule has 0 aliphatic carbocycles. The van der Waals surface area contributed by atoms with Crippen LogP contribution in [-0.2, 0) is 19.0 Å². The lowest BCUT2D eigenvalue weighted by Gasteiger charge is -2.28. The molecule has 1 heterocycles. The minimum atomic E-state index is -4.58. The molecule has 2 aromatic carbocycles. The second-order valence-electron chi connectivity index (χ2n) is 6.50. The van der Waals surface area contributed by atoms with Gasteiger partial charge >= 0.3 is 6.18 Å². The third-order valence-electron chi connectivity index (χ3n) is 4.89. The van der Waals surface area contributed by atoms with Gasteiger partial charge in [-0.15, -0.1) is 0 Å². The fourth-order valence-electron chi connectivity index (χ4n) is 3.56. The SMILES string of the molecule is COc1cc2c(cc1OC)C(CCc1ccc(F)cc1C(F)(F)F)NCC2. The lowest BCUT2D eigenvalue weighted by atomic mass is 9.89. The van der Waals surface area contributed by atoms with E-state index in [0.29, 0.717) is 24.0 Å². The molecule has 146 valence electrons. The smallest absolute Gasteiger partial charge is 0.416 e. The zero-order valence-corrected chi connectivity index (χ0v) is 15.1. The maximum Gasteiger partial charge on any atom is 0.416 e. The van der Waals surface area contributed by atoms with Gasteiger partial charge in [-0.05, 0) is 66.8 Å². The molecule has 1 unspecified atom stereocenters. The van der Waals surface area contributed by atoms with Crippen molar-refractivity contribution in [2.24, 2.45) is 0 Å². The highest BCUT2D eigenvalue weighted by Gasteiger charge is 2.34. The van der Waals surface area contributed by atoms with Gasteiger partial charge in [0.25, 0.3) is 0 Å². The van der Waals surface area contributed by atoms with E-state index in [2.05, 4.69) is 5.32 Å². The van der Waals surface area contributed by atoms with Crippen LogP contribution < -0.4 is 14.8 Å². The molecule has 0 aromatic heterocycles. The molecule has 0 fully saturated rings.